The van der Waals surface area contributed by atoms with Gasteiger partial charge in [-0.05, 0) is 12.8 Å². The molecular weight excluding hydrogens is 128 g/mol. The number of aliphatic hydroxyl groups is 1. The maximum Gasteiger partial charge on any atom is 0.141 e. The summed E-state index contributed by atoms with van der Waals surface area (Å²) in [5, 5.41) is 8.76. The van der Waals surface area contributed by atoms with E-state index in [2.05, 4.69) is 0 Å². The normalized spacial score (nSPS) is 34.4. The Bertz CT molecular complexity index is 131. The van der Waals surface area contributed by atoms with Crippen LogP contribution in [-0.2, 0) is 4.79 Å². The molecule has 0 unspecified atom stereocenters. The van der Waals surface area contributed by atoms with E-state index < -0.39 is 0 Å². The summed E-state index contributed by atoms with van der Waals surface area (Å²) >= 11 is 0. The van der Waals surface area contributed by atoms with Crippen LogP contribution in [0.25, 0.3) is 0 Å². The fourth-order valence-electron chi connectivity index (χ4n) is 1.54. The maximum absolute atomic E-state index is 11.2. The Morgan fingerprint density at radius 1 is 1.60 bits per heavy atom. The molecule has 0 amide bonds. The highest BCUT2D eigenvalue weighted by atomic mass is 16.3. The van der Waals surface area contributed by atoms with Gasteiger partial charge in [0.25, 0.3) is 0 Å². The van der Waals surface area contributed by atoms with Crippen molar-refractivity contribution in [3.8, 4) is 0 Å². The van der Waals surface area contributed by atoms with Crippen molar-refractivity contribution in [3.63, 3.8) is 0 Å². The summed E-state index contributed by atoms with van der Waals surface area (Å²) in [5.74, 6) is 0.392. The summed E-state index contributed by atoms with van der Waals surface area (Å²) in [7, 11) is 0. The van der Waals surface area contributed by atoms with Crippen LogP contribution in [0.4, 0.5) is 0 Å². The zero-order valence-corrected chi connectivity index (χ0v) is 6.34. The van der Waals surface area contributed by atoms with Gasteiger partial charge in [-0.25, -0.2) is 0 Å². The molecule has 58 valence electrons. The SMILES string of the molecule is C[C@@H]1CCC[C@@H](CO)C1=O. The third-order valence-corrected chi connectivity index (χ3v) is 2.30. The van der Waals surface area contributed by atoms with Crippen molar-refractivity contribution in [1.29, 1.82) is 0 Å². The lowest BCUT2D eigenvalue weighted by molar-refractivity contribution is -0.129. The number of hydrogen-bond donors (Lipinski definition) is 1. The van der Waals surface area contributed by atoms with Crippen LogP contribution in [0.5, 0.6) is 0 Å². The highest BCUT2D eigenvalue weighted by Gasteiger charge is 2.26. The summed E-state index contributed by atoms with van der Waals surface area (Å²) in [4.78, 5) is 11.2. The van der Waals surface area contributed by atoms with Crippen molar-refractivity contribution in [2.24, 2.45) is 11.8 Å². The van der Waals surface area contributed by atoms with E-state index in [1.165, 1.54) is 0 Å². The molecule has 2 atom stereocenters. The van der Waals surface area contributed by atoms with Gasteiger partial charge >= 0.3 is 0 Å². The fraction of sp³-hybridized carbons (Fsp3) is 0.875. The molecule has 1 rings (SSSR count). The maximum atomic E-state index is 11.2. The Labute approximate surface area is 61.2 Å². The number of ketones is 1. The van der Waals surface area contributed by atoms with Gasteiger partial charge in [-0.3, -0.25) is 4.79 Å². The summed E-state index contributed by atoms with van der Waals surface area (Å²) in [6, 6.07) is 0. The van der Waals surface area contributed by atoms with E-state index in [4.69, 9.17) is 5.11 Å². The lowest BCUT2D eigenvalue weighted by atomic mass is 9.82. The van der Waals surface area contributed by atoms with Crippen LogP contribution in [0.15, 0.2) is 0 Å². The molecule has 2 heteroatoms. The van der Waals surface area contributed by atoms with E-state index in [-0.39, 0.29) is 24.2 Å². The molecule has 0 heterocycles. The average molecular weight is 142 g/mol. The van der Waals surface area contributed by atoms with E-state index in [0.29, 0.717) is 0 Å². The fourth-order valence-corrected chi connectivity index (χ4v) is 1.54. The topological polar surface area (TPSA) is 37.3 Å². The molecule has 1 aliphatic rings. The van der Waals surface area contributed by atoms with Crippen LogP contribution >= 0.6 is 0 Å². The minimum atomic E-state index is -0.0521. The Balaban J connectivity index is 2.51. The minimum Gasteiger partial charge on any atom is -0.396 e. The largest absolute Gasteiger partial charge is 0.396 e. The second-order valence-corrected chi connectivity index (χ2v) is 3.11. The highest BCUT2D eigenvalue weighted by molar-refractivity contribution is 5.83. The van der Waals surface area contributed by atoms with E-state index in [1.54, 1.807) is 0 Å². The number of aliphatic hydroxyl groups excluding tert-OH is 1. The predicted molar refractivity (Wildman–Crippen MR) is 38.6 cm³/mol. The van der Waals surface area contributed by atoms with Crippen LogP contribution < -0.4 is 0 Å². The first-order chi connectivity index (χ1) is 4.75. The first-order valence-corrected chi connectivity index (χ1v) is 3.90. The third-order valence-electron chi connectivity index (χ3n) is 2.30. The molecule has 0 aromatic carbocycles. The number of hydrogen-bond acceptors (Lipinski definition) is 2. The summed E-state index contributed by atoms with van der Waals surface area (Å²) < 4.78 is 0. The molecule has 0 aliphatic heterocycles. The number of Topliss-reactive ketones (excluding diaryl/α,β-unsaturated/α-hetero) is 1. The Morgan fingerprint density at radius 3 is 2.80 bits per heavy atom. The number of carbonyl (C=O) groups is 1. The first-order valence-electron chi connectivity index (χ1n) is 3.90. The van der Waals surface area contributed by atoms with Gasteiger partial charge in [0.1, 0.15) is 5.78 Å². The molecule has 2 nitrogen and oxygen atoms in total. The van der Waals surface area contributed by atoms with Crippen LogP contribution in [0.2, 0.25) is 0 Å². The molecule has 1 saturated carbocycles. The van der Waals surface area contributed by atoms with Gasteiger partial charge in [0.05, 0.1) is 6.61 Å². The average Bonchev–Trinajstić information content (AvgIpc) is 1.95. The smallest absolute Gasteiger partial charge is 0.141 e. The third kappa shape index (κ3) is 1.37. The van der Waals surface area contributed by atoms with Crippen LogP contribution in [0.1, 0.15) is 26.2 Å². The van der Waals surface area contributed by atoms with Gasteiger partial charge in [-0.2, -0.15) is 0 Å². The lowest BCUT2D eigenvalue weighted by Gasteiger charge is -2.23. The zero-order valence-electron chi connectivity index (χ0n) is 6.34. The lowest BCUT2D eigenvalue weighted by Crippen LogP contribution is -2.28. The molecule has 0 spiro atoms. The van der Waals surface area contributed by atoms with Crippen molar-refractivity contribution >= 4 is 5.78 Å². The summed E-state index contributed by atoms with van der Waals surface area (Å²) in [6.45, 7) is 1.99. The van der Waals surface area contributed by atoms with Gasteiger partial charge in [-0.1, -0.05) is 13.3 Å². The molecular formula is C8H14O2. The van der Waals surface area contributed by atoms with E-state index in [9.17, 15) is 4.79 Å². The molecule has 0 bridgehead atoms. The molecule has 1 aliphatic carbocycles. The highest BCUT2D eigenvalue weighted by Crippen LogP contribution is 2.24. The first kappa shape index (κ1) is 7.73. The molecule has 1 fully saturated rings. The van der Waals surface area contributed by atoms with E-state index >= 15 is 0 Å². The second kappa shape index (κ2) is 3.15. The van der Waals surface area contributed by atoms with Gasteiger partial charge < -0.3 is 5.11 Å². The van der Waals surface area contributed by atoms with Crippen molar-refractivity contribution in [2.75, 3.05) is 6.61 Å². The van der Waals surface area contributed by atoms with Crippen molar-refractivity contribution < 1.29 is 9.90 Å². The van der Waals surface area contributed by atoms with Crippen molar-refractivity contribution in [1.82, 2.24) is 0 Å². The molecule has 10 heavy (non-hydrogen) atoms. The van der Waals surface area contributed by atoms with Gasteiger partial charge in [0.2, 0.25) is 0 Å². The quantitative estimate of drug-likeness (QED) is 0.592. The van der Waals surface area contributed by atoms with Gasteiger partial charge in [0, 0.05) is 11.8 Å². The zero-order chi connectivity index (χ0) is 7.56. The van der Waals surface area contributed by atoms with Crippen molar-refractivity contribution in [3.05, 3.63) is 0 Å². The molecule has 0 aromatic rings. The Morgan fingerprint density at radius 2 is 2.30 bits per heavy atom. The summed E-state index contributed by atoms with van der Waals surface area (Å²) in [6.07, 6.45) is 2.99. The number of carbonyl (C=O) groups excluding carboxylic acids is 1. The number of rotatable bonds is 1. The molecule has 0 saturated heterocycles. The van der Waals surface area contributed by atoms with Crippen molar-refractivity contribution in [2.45, 2.75) is 26.2 Å². The van der Waals surface area contributed by atoms with Crippen LogP contribution in [0.3, 0.4) is 0 Å². The van der Waals surface area contributed by atoms with Gasteiger partial charge in [-0.15, -0.1) is 0 Å². The molecule has 0 radical (unpaired) electrons. The Kier molecular flexibility index (Phi) is 2.44. The standard InChI is InChI=1S/C8H14O2/c1-6-3-2-4-7(5-9)8(6)10/h6-7,9H,2-5H2,1H3/t6-,7+/m1/s1. The van der Waals surface area contributed by atoms with Gasteiger partial charge in [0.15, 0.2) is 0 Å². The Hall–Kier alpha value is -0.370. The monoisotopic (exact) mass is 142 g/mol. The summed E-state index contributed by atoms with van der Waals surface area (Å²) in [5.41, 5.74) is 0. The van der Waals surface area contributed by atoms with E-state index in [0.717, 1.165) is 19.3 Å². The molecule has 0 aromatic heterocycles. The second-order valence-electron chi connectivity index (χ2n) is 3.11. The molecule has 1 N–H and O–H groups in total. The van der Waals surface area contributed by atoms with Crippen LogP contribution in [0, 0.1) is 11.8 Å². The minimum absolute atomic E-state index is 0.0448. The predicted octanol–water partition coefficient (Wildman–Crippen LogP) is 0.984. The van der Waals surface area contributed by atoms with E-state index in [1.807, 2.05) is 6.92 Å². The van der Waals surface area contributed by atoms with Crippen LogP contribution in [-0.4, -0.2) is 17.5 Å².